The van der Waals surface area contributed by atoms with Crippen molar-refractivity contribution in [2.24, 2.45) is 0 Å². The quantitative estimate of drug-likeness (QED) is 0.328. The Bertz CT molecular complexity index is 1100. The number of hydrogen-bond donors (Lipinski definition) is 0. The molecule has 0 saturated carbocycles. The standard InChI is InChI=1S/C20H9F12N3/c1-8-33-15(9-2-11(17(21,22)23)6-12(3-9)18(24,25)26)35-16(34-8)10-4-13(19(27,28)29)7-14(5-10)20(30,31)32/h2-7H,1H3. The highest BCUT2D eigenvalue weighted by Crippen LogP contribution is 2.40. The Kier molecular flexibility index (Phi) is 6.27. The van der Waals surface area contributed by atoms with Gasteiger partial charge in [-0.05, 0) is 43.3 Å². The number of halogens is 12. The van der Waals surface area contributed by atoms with Crippen LogP contribution < -0.4 is 0 Å². The Hall–Kier alpha value is -3.39. The van der Waals surface area contributed by atoms with E-state index < -0.39 is 69.7 Å². The average molecular weight is 519 g/mol. The van der Waals surface area contributed by atoms with Crippen molar-refractivity contribution in [3.8, 4) is 22.8 Å². The van der Waals surface area contributed by atoms with Gasteiger partial charge in [-0.25, -0.2) is 15.0 Å². The van der Waals surface area contributed by atoms with E-state index >= 15 is 0 Å². The predicted octanol–water partition coefficient (Wildman–Crippen LogP) is 7.59. The van der Waals surface area contributed by atoms with Crippen LogP contribution in [0.4, 0.5) is 52.7 Å². The lowest BCUT2D eigenvalue weighted by Gasteiger charge is -2.15. The molecule has 0 unspecified atom stereocenters. The Labute approximate surface area is 187 Å². The first-order chi connectivity index (χ1) is 15.7. The summed E-state index contributed by atoms with van der Waals surface area (Å²) in [6.45, 7) is 1.07. The molecule has 0 radical (unpaired) electrons. The maximum atomic E-state index is 13.2. The summed E-state index contributed by atoms with van der Waals surface area (Å²) in [6, 6.07) is 0.728. The maximum Gasteiger partial charge on any atom is 0.416 e. The van der Waals surface area contributed by atoms with Crippen molar-refractivity contribution in [2.45, 2.75) is 31.6 Å². The fourth-order valence-electron chi connectivity index (χ4n) is 2.91. The van der Waals surface area contributed by atoms with Gasteiger partial charge in [0, 0.05) is 11.1 Å². The molecule has 0 spiro atoms. The fraction of sp³-hybridized carbons (Fsp3) is 0.250. The second-order valence-electron chi connectivity index (χ2n) is 7.12. The lowest BCUT2D eigenvalue weighted by molar-refractivity contribution is -0.144. The van der Waals surface area contributed by atoms with Crippen LogP contribution in [0.25, 0.3) is 22.8 Å². The van der Waals surface area contributed by atoms with Gasteiger partial charge in [-0.3, -0.25) is 0 Å². The van der Waals surface area contributed by atoms with Gasteiger partial charge < -0.3 is 0 Å². The highest BCUT2D eigenvalue weighted by molar-refractivity contribution is 5.64. The molecular formula is C20H9F12N3. The van der Waals surface area contributed by atoms with Crippen molar-refractivity contribution in [2.75, 3.05) is 0 Å². The first-order valence-electron chi connectivity index (χ1n) is 9.07. The highest BCUT2D eigenvalue weighted by atomic mass is 19.4. The molecule has 0 aliphatic carbocycles. The second kappa shape index (κ2) is 8.37. The van der Waals surface area contributed by atoms with Gasteiger partial charge in [-0.2, -0.15) is 52.7 Å². The van der Waals surface area contributed by atoms with Crippen LogP contribution in [0.5, 0.6) is 0 Å². The zero-order chi connectivity index (χ0) is 26.6. The summed E-state index contributed by atoms with van der Waals surface area (Å²) >= 11 is 0. The smallest absolute Gasteiger partial charge is 0.213 e. The van der Waals surface area contributed by atoms with Gasteiger partial charge in [0.05, 0.1) is 22.3 Å². The minimum atomic E-state index is -5.22. The highest BCUT2D eigenvalue weighted by Gasteiger charge is 2.39. The number of benzene rings is 2. The molecular weight excluding hydrogens is 510 g/mol. The van der Waals surface area contributed by atoms with Crippen LogP contribution in [0.15, 0.2) is 36.4 Å². The minimum Gasteiger partial charge on any atom is -0.213 e. The van der Waals surface area contributed by atoms with Crippen LogP contribution in [0.3, 0.4) is 0 Å². The summed E-state index contributed by atoms with van der Waals surface area (Å²) in [5, 5.41) is 0. The number of aryl methyl sites for hydroxylation is 1. The number of alkyl halides is 12. The van der Waals surface area contributed by atoms with E-state index in [0.717, 1.165) is 6.92 Å². The van der Waals surface area contributed by atoms with Crippen molar-refractivity contribution in [3.05, 3.63) is 64.5 Å². The summed E-state index contributed by atoms with van der Waals surface area (Å²) in [4.78, 5) is 10.8. The summed E-state index contributed by atoms with van der Waals surface area (Å²) in [6.07, 6.45) is -20.9. The van der Waals surface area contributed by atoms with Crippen LogP contribution in [0.1, 0.15) is 28.1 Å². The van der Waals surface area contributed by atoms with Gasteiger partial charge >= 0.3 is 24.7 Å². The Morgan fingerprint density at radius 1 is 0.429 bits per heavy atom. The van der Waals surface area contributed by atoms with Crippen molar-refractivity contribution in [1.82, 2.24) is 15.0 Å². The van der Waals surface area contributed by atoms with Gasteiger partial charge in [0.15, 0.2) is 11.6 Å². The molecule has 0 N–H and O–H groups in total. The van der Waals surface area contributed by atoms with Gasteiger partial charge in [-0.1, -0.05) is 0 Å². The van der Waals surface area contributed by atoms with Crippen molar-refractivity contribution in [3.63, 3.8) is 0 Å². The molecule has 188 valence electrons. The van der Waals surface area contributed by atoms with Crippen LogP contribution >= 0.6 is 0 Å². The van der Waals surface area contributed by atoms with E-state index in [2.05, 4.69) is 15.0 Å². The molecule has 15 heteroatoms. The summed E-state index contributed by atoms with van der Waals surface area (Å²) in [7, 11) is 0. The Morgan fingerprint density at radius 3 is 0.914 bits per heavy atom. The Balaban J connectivity index is 2.27. The third-order valence-corrected chi connectivity index (χ3v) is 4.44. The number of nitrogens with zero attached hydrogens (tertiary/aromatic N) is 3. The molecule has 0 aliphatic rings. The molecule has 0 bridgehead atoms. The van der Waals surface area contributed by atoms with Gasteiger partial charge in [-0.15, -0.1) is 0 Å². The van der Waals surface area contributed by atoms with Gasteiger partial charge in [0.2, 0.25) is 0 Å². The van der Waals surface area contributed by atoms with E-state index in [9.17, 15) is 52.7 Å². The normalized spacial score (nSPS) is 13.3. The monoisotopic (exact) mass is 519 g/mol. The van der Waals surface area contributed by atoms with E-state index in [-0.39, 0.29) is 42.2 Å². The van der Waals surface area contributed by atoms with Crippen LogP contribution in [0.2, 0.25) is 0 Å². The molecule has 2 aromatic carbocycles. The average Bonchev–Trinajstić information content (AvgIpc) is 2.70. The van der Waals surface area contributed by atoms with Crippen LogP contribution in [-0.4, -0.2) is 15.0 Å². The van der Waals surface area contributed by atoms with E-state index in [4.69, 9.17) is 0 Å². The summed E-state index contributed by atoms with van der Waals surface area (Å²) < 4.78 is 158. The van der Waals surface area contributed by atoms with Crippen molar-refractivity contribution >= 4 is 0 Å². The number of hydrogen-bond acceptors (Lipinski definition) is 3. The molecule has 0 atom stereocenters. The first kappa shape index (κ1) is 26.2. The van der Waals surface area contributed by atoms with E-state index in [1.807, 2.05) is 0 Å². The van der Waals surface area contributed by atoms with Crippen molar-refractivity contribution < 1.29 is 52.7 Å². The number of rotatable bonds is 2. The summed E-state index contributed by atoms with van der Waals surface area (Å²) in [5.41, 5.74) is -8.55. The van der Waals surface area contributed by atoms with Crippen molar-refractivity contribution in [1.29, 1.82) is 0 Å². The molecule has 3 rings (SSSR count). The lowest BCUT2D eigenvalue weighted by atomic mass is 10.0. The van der Waals surface area contributed by atoms with Crippen LogP contribution in [-0.2, 0) is 24.7 Å². The molecule has 0 amide bonds. The van der Waals surface area contributed by atoms with Crippen LogP contribution in [0, 0.1) is 6.92 Å². The molecule has 1 heterocycles. The topological polar surface area (TPSA) is 38.7 Å². The first-order valence-corrected chi connectivity index (χ1v) is 9.07. The van der Waals surface area contributed by atoms with E-state index in [1.54, 1.807) is 0 Å². The maximum absolute atomic E-state index is 13.2. The van der Waals surface area contributed by atoms with E-state index in [0.29, 0.717) is 0 Å². The Morgan fingerprint density at radius 2 is 0.686 bits per heavy atom. The lowest BCUT2D eigenvalue weighted by Crippen LogP contribution is -2.12. The largest absolute Gasteiger partial charge is 0.416 e. The minimum absolute atomic E-state index is 0.166. The molecule has 0 aliphatic heterocycles. The summed E-state index contributed by atoms with van der Waals surface area (Å²) in [5.74, 6) is -2.04. The van der Waals surface area contributed by atoms with Gasteiger partial charge in [0.25, 0.3) is 0 Å². The third-order valence-electron chi connectivity index (χ3n) is 4.44. The zero-order valence-corrected chi connectivity index (χ0v) is 16.8. The van der Waals surface area contributed by atoms with E-state index in [1.165, 1.54) is 0 Å². The third kappa shape index (κ3) is 6.00. The molecule has 1 aromatic heterocycles. The molecule has 0 fully saturated rings. The zero-order valence-electron chi connectivity index (χ0n) is 16.8. The van der Waals surface area contributed by atoms with Gasteiger partial charge in [0.1, 0.15) is 5.82 Å². The second-order valence-corrected chi connectivity index (χ2v) is 7.12. The fourth-order valence-corrected chi connectivity index (χ4v) is 2.91. The molecule has 0 saturated heterocycles. The molecule has 3 aromatic rings. The predicted molar refractivity (Wildman–Crippen MR) is 95.4 cm³/mol. The SMILES string of the molecule is Cc1nc(-c2cc(C(F)(F)F)cc(C(F)(F)F)c2)nc(-c2cc(C(F)(F)F)cc(C(F)(F)F)c2)n1. The molecule has 35 heavy (non-hydrogen) atoms. The molecule has 3 nitrogen and oxygen atoms in total. The number of aromatic nitrogens is 3.